The second-order valence-corrected chi connectivity index (χ2v) is 6.73. The van der Waals surface area contributed by atoms with Crippen molar-refractivity contribution in [1.29, 1.82) is 0 Å². The van der Waals surface area contributed by atoms with E-state index in [0.717, 1.165) is 55.8 Å². The van der Waals surface area contributed by atoms with Gasteiger partial charge in [0, 0.05) is 36.5 Å². The summed E-state index contributed by atoms with van der Waals surface area (Å²) in [6, 6.07) is 12.0. The van der Waals surface area contributed by atoms with Gasteiger partial charge in [-0.25, -0.2) is 0 Å². The van der Waals surface area contributed by atoms with E-state index in [1.807, 2.05) is 29.2 Å². The van der Waals surface area contributed by atoms with E-state index >= 15 is 0 Å². The molecule has 1 aromatic carbocycles. The Labute approximate surface area is 142 Å². The molecule has 1 fully saturated rings. The lowest BCUT2D eigenvalue weighted by Crippen LogP contribution is -2.28. The van der Waals surface area contributed by atoms with Crippen molar-refractivity contribution in [3.05, 3.63) is 59.4 Å². The Morgan fingerprint density at radius 2 is 2.04 bits per heavy atom. The first kappa shape index (κ1) is 15.2. The van der Waals surface area contributed by atoms with Crippen molar-refractivity contribution >= 4 is 5.91 Å². The first-order valence-corrected chi connectivity index (χ1v) is 8.74. The van der Waals surface area contributed by atoms with E-state index in [4.69, 9.17) is 4.74 Å². The van der Waals surface area contributed by atoms with E-state index in [-0.39, 0.29) is 5.91 Å². The number of rotatable bonds is 3. The number of pyridine rings is 1. The number of fused-ring (bicyclic) bond motifs is 1. The summed E-state index contributed by atoms with van der Waals surface area (Å²) in [5, 5.41) is 0. The van der Waals surface area contributed by atoms with Crippen LogP contribution in [0.4, 0.5) is 0 Å². The van der Waals surface area contributed by atoms with E-state index in [2.05, 4.69) is 17.1 Å². The van der Waals surface area contributed by atoms with E-state index in [1.54, 1.807) is 6.20 Å². The molecule has 0 N–H and O–H groups in total. The third-order valence-electron chi connectivity index (χ3n) is 4.91. The average Bonchev–Trinajstić information content (AvgIpc) is 3.16. The van der Waals surface area contributed by atoms with Gasteiger partial charge in [-0.15, -0.1) is 0 Å². The van der Waals surface area contributed by atoms with Crippen LogP contribution in [0, 0.1) is 5.92 Å². The van der Waals surface area contributed by atoms with Gasteiger partial charge in [-0.3, -0.25) is 9.78 Å². The minimum atomic E-state index is 0.140. The molecule has 1 atom stereocenters. The monoisotopic (exact) mass is 322 g/mol. The van der Waals surface area contributed by atoms with Gasteiger partial charge in [0.15, 0.2) is 0 Å². The fourth-order valence-corrected chi connectivity index (χ4v) is 3.64. The molecule has 0 spiro atoms. The van der Waals surface area contributed by atoms with E-state index in [0.29, 0.717) is 12.5 Å². The number of carbonyl (C=O) groups excluding carboxylic acids is 1. The van der Waals surface area contributed by atoms with E-state index < -0.39 is 0 Å². The molecular formula is C20H22N2O2. The van der Waals surface area contributed by atoms with Crippen LogP contribution in [-0.4, -0.2) is 35.5 Å². The average molecular weight is 322 g/mol. The highest BCUT2D eigenvalue weighted by molar-refractivity contribution is 5.94. The molecule has 0 bridgehead atoms. The largest absolute Gasteiger partial charge is 0.493 e. The van der Waals surface area contributed by atoms with Crippen LogP contribution in [0.15, 0.2) is 42.6 Å². The standard InChI is InChI=1S/C20H22N2O2/c23-20(22-9-3-4-10-22)17-7-8-21-18(13-17)12-15-11-16-5-1-2-6-19(16)24-14-15/h1-2,5-8,13,15H,3-4,9-12,14H2. The molecule has 0 radical (unpaired) electrons. The predicted octanol–water partition coefficient (Wildman–Crippen LogP) is 3.11. The Morgan fingerprint density at radius 1 is 1.21 bits per heavy atom. The summed E-state index contributed by atoms with van der Waals surface area (Å²) in [5.74, 6) is 1.55. The Balaban J connectivity index is 1.46. The second kappa shape index (κ2) is 6.63. The van der Waals surface area contributed by atoms with Gasteiger partial charge in [0.25, 0.3) is 5.91 Å². The maximum absolute atomic E-state index is 12.5. The molecule has 0 aliphatic carbocycles. The summed E-state index contributed by atoms with van der Waals surface area (Å²) in [7, 11) is 0. The van der Waals surface area contributed by atoms with Gasteiger partial charge in [0.05, 0.1) is 6.61 Å². The molecule has 4 rings (SSSR count). The van der Waals surface area contributed by atoms with Gasteiger partial charge in [-0.1, -0.05) is 18.2 Å². The summed E-state index contributed by atoms with van der Waals surface area (Å²) in [6.45, 7) is 2.47. The van der Waals surface area contributed by atoms with Gasteiger partial charge in [0.2, 0.25) is 0 Å². The molecule has 0 saturated carbocycles. The number of ether oxygens (including phenoxy) is 1. The number of nitrogens with zero attached hydrogens (tertiary/aromatic N) is 2. The minimum absolute atomic E-state index is 0.140. The second-order valence-electron chi connectivity index (χ2n) is 6.73. The Hall–Kier alpha value is -2.36. The first-order valence-electron chi connectivity index (χ1n) is 8.74. The van der Waals surface area contributed by atoms with Gasteiger partial charge in [-0.05, 0) is 49.4 Å². The lowest BCUT2D eigenvalue weighted by Gasteiger charge is -2.25. The van der Waals surface area contributed by atoms with Crippen molar-refractivity contribution in [2.45, 2.75) is 25.7 Å². The molecule has 4 heteroatoms. The molecule has 3 heterocycles. The molecule has 1 amide bonds. The van der Waals surface area contributed by atoms with Crippen molar-refractivity contribution in [2.24, 2.45) is 5.92 Å². The fraction of sp³-hybridized carbons (Fsp3) is 0.400. The highest BCUT2D eigenvalue weighted by atomic mass is 16.5. The lowest BCUT2D eigenvalue weighted by atomic mass is 9.92. The Morgan fingerprint density at radius 3 is 2.92 bits per heavy atom. The molecule has 1 aromatic heterocycles. The van der Waals surface area contributed by atoms with Gasteiger partial charge >= 0.3 is 0 Å². The third kappa shape index (κ3) is 3.14. The zero-order chi connectivity index (χ0) is 16.4. The van der Waals surface area contributed by atoms with Gasteiger partial charge in [0.1, 0.15) is 5.75 Å². The van der Waals surface area contributed by atoms with Crippen molar-refractivity contribution in [1.82, 2.24) is 9.88 Å². The molecule has 2 aliphatic rings. The van der Waals surface area contributed by atoms with Gasteiger partial charge < -0.3 is 9.64 Å². The molecule has 24 heavy (non-hydrogen) atoms. The number of amides is 1. The molecule has 2 aromatic rings. The SMILES string of the molecule is O=C(c1ccnc(CC2COc3ccccc3C2)c1)N1CCCC1. The van der Waals surface area contributed by atoms with Crippen LogP contribution in [0.25, 0.3) is 0 Å². The summed E-state index contributed by atoms with van der Waals surface area (Å²) in [5.41, 5.74) is 3.00. The Bertz CT molecular complexity index is 738. The number of likely N-dealkylation sites (tertiary alicyclic amines) is 1. The maximum atomic E-state index is 12.5. The highest BCUT2D eigenvalue weighted by Crippen LogP contribution is 2.28. The smallest absolute Gasteiger partial charge is 0.253 e. The van der Waals surface area contributed by atoms with Crippen molar-refractivity contribution in [3.63, 3.8) is 0 Å². The highest BCUT2D eigenvalue weighted by Gasteiger charge is 2.22. The summed E-state index contributed by atoms with van der Waals surface area (Å²) >= 11 is 0. The summed E-state index contributed by atoms with van der Waals surface area (Å²) in [6.07, 6.45) is 5.83. The number of hydrogen-bond acceptors (Lipinski definition) is 3. The third-order valence-corrected chi connectivity index (χ3v) is 4.91. The summed E-state index contributed by atoms with van der Waals surface area (Å²) in [4.78, 5) is 18.9. The van der Waals surface area contributed by atoms with E-state index in [1.165, 1.54) is 5.56 Å². The van der Waals surface area contributed by atoms with Crippen LogP contribution in [0.5, 0.6) is 5.75 Å². The zero-order valence-corrected chi connectivity index (χ0v) is 13.8. The van der Waals surface area contributed by atoms with Gasteiger partial charge in [-0.2, -0.15) is 0 Å². The molecule has 1 unspecified atom stereocenters. The fourth-order valence-electron chi connectivity index (χ4n) is 3.64. The van der Waals surface area contributed by atoms with Crippen molar-refractivity contribution in [2.75, 3.05) is 19.7 Å². The topological polar surface area (TPSA) is 42.4 Å². The van der Waals surface area contributed by atoms with Crippen LogP contribution in [-0.2, 0) is 12.8 Å². The maximum Gasteiger partial charge on any atom is 0.253 e. The van der Waals surface area contributed by atoms with Crippen LogP contribution in [0.1, 0.15) is 34.5 Å². The van der Waals surface area contributed by atoms with Crippen molar-refractivity contribution in [3.8, 4) is 5.75 Å². The minimum Gasteiger partial charge on any atom is -0.493 e. The molecule has 4 nitrogen and oxygen atoms in total. The summed E-state index contributed by atoms with van der Waals surface area (Å²) < 4.78 is 5.86. The number of hydrogen-bond donors (Lipinski definition) is 0. The first-order chi connectivity index (χ1) is 11.8. The molecule has 2 aliphatic heterocycles. The lowest BCUT2D eigenvalue weighted by molar-refractivity contribution is 0.0792. The van der Waals surface area contributed by atoms with Crippen LogP contribution in [0.3, 0.4) is 0 Å². The van der Waals surface area contributed by atoms with Crippen LogP contribution >= 0.6 is 0 Å². The van der Waals surface area contributed by atoms with Crippen LogP contribution < -0.4 is 4.74 Å². The number of carbonyl (C=O) groups is 1. The van der Waals surface area contributed by atoms with E-state index in [9.17, 15) is 4.79 Å². The molecule has 1 saturated heterocycles. The van der Waals surface area contributed by atoms with Crippen LogP contribution in [0.2, 0.25) is 0 Å². The predicted molar refractivity (Wildman–Crippen MR) is 92.2 cm³/mol. The quantitative estimate of drug-likeness (QED) is 0.872. The molecular weight excluding hydrogens is 300 g/mol. The molecule has 124 valence electrons. The number of para-hydroxylation sites is 1. The number of benzene rings is 1. The number of aromatic nitrogens is 1. The van der Waals surface area contributed by atoms with Crippen molar-refractivity contribution < 1.29 is 9.53 Å². The zero-order valence-electron chi connectivity index (χ0n) is 13.8. The Kier molecular flexibility index (Phi) is 4.20. The normalized spacial score (nSPS) is 19.7.